The molecule has 0 saturated carbocycles. The van der Waals surface area contributed by atoms with Crippen LogP contribution in [0.1, 0.15) is 6.42 Å². The van der Waals surface area contributed by atoms with Crippen LogP contribution >= 0.6 is 11.6 Å². The molecule has 1 fully saturated rings. The molecular weight excluding hydrogens is 354 g/mol. The Bertz CT molecular complexity index is 826. The highest BCUT2D eigenvalue weighted by atomic mass is 35.5. The molecule has 1 heterocycles. The largest absolute Gasteiger partial charge is 0.347 e. The summed E-state index contributed by atoms with van der Waals surface area (Å²) in [6.07, 6.45) is 0.136. The fraction of sp³-hybridized carbons (Fsp3) is 0.211. The zero-order chi connectivity index (χ0) is 18.5. The van der Waals surface area contributed by atoms with Crippen molar-refractivity contribution in [2.24, 2.45) is 5.92 Å². The number of carbonyl (C=O) groups is 3. The maximum Gasteiger partial charge on any atom is 0.243 e. The molecule has 6 nitrogen and oxygen atoms in total. The Morgan fingerprint density at radius 3 is 2.62 bits per heavy atom. The van der Waals surface area contributed by atoms with Gasteiger partial charge in [-0.1, -0.05) is 35.9 Å². The number of nitrogens with one attached hydrogen (secondary N) is 2. The number of benzene rings is 2. The van der Waals surface area contributed by atoms with Crippen molar-refractivity contribution in [3.05, 3.63) is 59.6 Å². The summed E-state index contributed by atoms with van der Waals surface area (Å²) in [4.78, 5) is 38.0. The van der Waals surface area contributed by atoms with Crippen LogP contribution in [0.15, 0.2) is 54.6 Å². The maximum atomic E-state index is 12.3. The van der Waals surface area contributed by atoms with E-state index in [9.17, 15) is 14.4 Å². The zero-order valence-corrected chi connectivity index (χ0v) is 14.7. The molecule has 0 aromatic heterocycles. The number of anilines is 2. The van der Waals surface area contributed by atoms with Crippen LogP contribution in [0.5, 0.6) is 0 Å². The molecule has 1 aliphatic heterocycles. The predicted octanol–water partition coefficient (Wildman–Crippen LogP) is 2.45. The van der Waals surface area contributed by atoms with Crippen LogP contribution in [-0.2, 0) is 14.4 Å². The molecule has 2 aromatic carbocycles. The Morgan fingerprint density at radius 1 is 1.12 bits per heavy atom. The number of rotatable bonds is 5. The predicted molar refractivity (Wildman–Crippen MR) is 100.0 cm³/mol. The molecule has 0 bridgehead atoms. The van der Waals surface area contributed by atoms with Crippen LogP contribution in [-0.4, -0.2) is 30.8 Å². The summed E-state index contributed by atoms with van der Waals surface area (Å²) < 4.78 is 0. The van der Waals surface area contributed by atoms with E-state index in [0.717, 1.165) is 5.69 Å². The van der Waals surface area contributed by atoms with Crippen molar-refractivity contribution in [3.63, 3.8) is 0 Å². The average Bonchev–Trinajstić information content (AvgIpc) is 3.02. The van der Waals surface area contributed by atoms with Crippen molar-refractivity contribution in [2.75, 3.05) is 23.3 Å². The molecule has 0 radical (unpaired) electrons. The smallest absolute Gasteiger partial charge is 0.243 e. The zero-order valence-electron chi connectivity index (χ0n) is 13.9. The number of para-hydroxylation sites is 1. The lowest BCUT2D eigenvalue weighted by Gasteiger charge is -2.16. The minimum atomic E-state index is -0.471. The molecule has 0 spiro atoms. The summed E-state index contributed by atoms with van der Waals surface area (Å²) >= 11 is 5.86. The van der Waals surface area contributed by atoms with Crippen LogP contribution in [0.4, 0.5) is 11.4 Å². The summed E-state index contributed by atoms with van der Waals surface area (Å²) in [5.41, 5.74) is 1.33. The molecular formula is C19H18ClN3O3. The quantitative estimate of drug-likeness (QED) is 0.847. The Labute approximate surface area is 156 Å². The third-order valence-corrected chi connectivity index (χ3v) is 4.33. The van der Waals surface area contributed by atoms with Gasteiger partial charge in [-0.3, -0.25) is 14.4 Å². The fourth-order valence-electron chi connectivity index (χ4n) is 2.82. The van der Waals surface area contributed by atoms with Crippen LogP contribution in [0.3, 0.4) is 0 Å². The van der Waals surface area contributed by atoms with E-state index in [-0.39, 0.29) is 30.7 Å². The summed E-state index contributed by atoms with van der Waals surface area (Å²) in [6, 6.07) is 16.0. The lowest BCUT2D eigenvalue weighted by molar-refractivity contribution is -0.127. The lowest BCUT2D eigenvalue weighted by atomic mass is 10.1. The molecule has 26 heavy (non-hydrogen) atoms. The van der Waals surface area contributed by atoms with E-state index in [0.29, 0.717) is 17.3 Å². The molecule has 1 atom stereocenters. The van der Waals surface area contributed by atoms with E-state index in [2.05, 4.69) is 10.6 Å². The van der Waals surface area contributed by atoms with E-state index in [1.807, 2.05) is 30.3 Å². The van der Waals surface area contributed by atoms with Crippen LogP contribution < -0.4 is 15.5 Å². The number of carbonyl (C=O) groups excluding carboxylic acids is 3. The number of halogens is 1. The van der Waals surface area contributed by atoms with Gasteiger partial charge in [0.1, 0.15) is 0 Å². The molecule has 0 aliphatic carbocycles. The van der Waals surface area contributed by atoms with E-state index in [4.69, 9.17) is 11.6 Å². The normalized spacial score (nSPS) is 16.4. The Kier molecular flexibility index (Phi) is 5.53. The van der Waals surface area contributed by atoms with Gasteiger partial charge in [0.25, 0.3) is 0 Å². The van der Waals surface area contributed by atoms with Crippen molar-refractivity contribution < 1.29 is 14.4 Å². The molecule has 1 unspecified atom stereocenters. The SMILES string of the molecule is O=C(CNC(=O)C1CC(=O)N(c2ccccc2)C1)Nc1cccc(Cl)c1. The maximum absolute atomic E-state index is 12.3. The van der Waals surface area contributed by atoms with Crippen molar-refractivity contribution in [1.29, 1.82) is 0 Å². The first-order valence-electron chi connectivity index (χ1n) is 8.21. The number of hydrogen-bond acceptors (Lipinski definition) is 3. The van der Waals surface area contributed by atoms with Gasteiger partial charge in [-0.05, 0) is 30.3 Å². The molecule has 3 rings (SSSR count). The first kappa shape index (κ1) is 17.9. The fourth-order valence-corrected chi connectivity index (χ4v) is 3.01. The molecule has 1 aliphatic rings. The van der Waals surface area contributed by atoms with Gasteiger partial charge in [-0.25, -0.2) is 0 Å². The van der Waals surface area contributed by atoms with E-state index in [1.165, 1.54) is 0 Å². The molecule has 134 valence electrons. The summed E-state index contributed by atoms with van der Waals surface area (Å²) in [7, 11) is 0. The Morgan fingerprint density at radius 2 is 1.88 bits per heavy atom. The van der Waals surface area contributed by atoms with Gasteiger partial charge in [-0.2, -0.15) is 0 Å². The topological polar surface area (TPSA) is 78.5 Å². The second-order valence-corrected chi connectivity index (χ2v) is 6.45. The Hall–Kier alpha value is -2.86. The minimum absolute atomic E-state index is 0.0975. The first-order valence-corrected chi connectivity index (χ1v) is 8.59. The van der Waals surface area contributed by atoms with Gasteiger partial charge >= 0.3 is 0 Å². The monoisotopic (exact) mass is 371 g/mol. The molecule has 2 N–H and O–H groups in total. The van der Waals surface area contributed by atoms with Gasteiger partial charge in [0.05, 0.1) is 12.5 Å². The van der Waals surface area contributed by atoms with Gasteiger partial charge in [0.15, 0.2) is 0 Å². The number of hydrogen-bond donors (Lipinski definition) is 2. The second-order valence-electron chi connectivity index (χ2n) is 6.02. The molecule has 2 aromatic rings. The van der Waals surface area contributed by atoms with Crippen molar-refractivity contribution in [1.82, 2.24) is 5.32 Å². The standard InChI is InChI=1S/C19H18ClN3O3/c20-14-5-4-6-15(10-14)22-17(24)11-21-19(26)13-9-18(25)23(12-13)16-7-2-1-3-8-16/h1-8,10,13H,9,11-12H2,(H,21,26)(H,22,24). The van der Waals surface area contributed by atoms with Crippen molar-refractivity contribution in [2.45, 2.75) is 6.42 Å². The van der Waals surface area contributed by atoms with Crippen LogP contribution in [0.2, 0.25) is 5.02 Å². The van der Waals surface area contributed by atoms with E-state index < -0.39 is 5.92 Å². The third kappa shape index (κ3) is 4.40. The molecule has 3 amide bonds. The van der Waals surface area contributed by atoms with Crippen molar-refractivity contribution in [3.8, 4) is 0 Å². The van der Waals surface area contributed by atoms with Crippen LogP contribution in [0, 0.1) is 5.92 Å². The lowest BCUT2D eigenvalue weighted by Crippen LogP contribution is -2.37. The average molecular weight is 372 g/mol. The van der Waals surface area contributed by atoms with Gasteiger partial charge < -0.3 is 15.5 Å². The molecule has 1 saturated heterocycles. The minimum Gasteiger partial charge on any atom is -0.347 e. The highest BCUT2D eigenvalue weighted by Crippen LogP contribution is 2.24. The molecule has 7 heteroatoms. The van der Waals surface area contributed by atoms with Crippen LogP contribution in [0.25, 0.3) is 0 Å². The van der Waals surface area contributed by atoms with Crippen molar-refractivity contribution >= 4 is 40.7 Å². The number of nitrogens with zero attached hydrogens (tertiary/aromatic N) is 1. The van der Waals surface area contributed by atoms with Gasteiger partial charge in [0.2, 0.25) is 17.7 Å². The summed E-state index contributed by atoms with van der Waals surface area (Å²) in [6.45, 7) is 0.145. The second kappa shape index (κ2) is 8.01. The highest BCUT2D eigenvalue weighted by molar-refractivity contribution is 6.30. The van der Waals surface area contributed by atoms with Gasteiger partial charge in [0, 0.05) is 29.4 Å². The highest BCUT2D eigenvalue weighted by Gasteiger charge is 2.35. The van der Waals surface area contributed by atoms with E-state index >= 15 is 0 Å². The van der Waals surface area contributed by atoms with Gasteiger partial charge in [-0.15, -0.1) is 0 Å². The Balaban J connectivity index is 1.51. The van der Waals surface area contributed by atoms with E-state index in [1.54, 1.807) is 29.2 Å². The summed E-state index contributed by atoms with van der Waals surface area (Å²) in [5, 5.41) is 5.76. The first-order chi connectivity index (χ1) is 12.5. The number of amides is 3. The summed E-state index contributed by atoms with van der Waals surface area (Å²) in [5.74, 6) is -1.23. The third-order valence-electron chi connectivity index (χ3n) is 4.10.